The number of benzene rings is 1. The Morgan fingerprint density at radius 3 is 2.77 bits per heavy atom. The molecule has 30 heavy (non-hydrogen) atoms. The highest BCUT2D eigenvalue weighted by atomic mass is 16.5. The van der Waals surface area contributed by atoms with Crippen molar-refractivity contribution in [3.63, 3.8) is 0 Å². The summed E-state index contributed by atoms with van der Waals surface area (Å²) in [6.45, 7) is 9.53. The average molecular weight is 412 g/mol. The van der Waals surface area contributed by atoms with Gasteiger partial charge >= 0.3 is 0 Å². The van der Waals surface area contributed by atoms with E-state index in [2.05, 4.69) is 63.1 Å². The molecule has 1 amide bonds. The van der Waals surface area contributed by atoms with Gasteiger partial charge in [-0.1, -0.05) is 38.1 Å². The second kappa shape index (κ2) is 9.71. The van der Waals surface area contributed by atoms with Crippen LogP contribution >= 0.6 is 0 Å². The van der Waals surface area contributed by atoms with Gasteiger partial charge in [0.15, 0.2) is 0 Å². The Labute approximate surface area is 178 Å². The Morgan fingerprint density at radius 2 is 2.03 bits per heavy atom. The fourth-order valence-electron chi connectivity index (χ4n) is 4.23. The average Bonchev–Trinajstić information content (AvgIpc) is 3.37. The smallest absolute Gasteiger partial charge is 0.249 e. The molecule has 1 atom stereocenters. The number of aromatic nitrogens is 3. The molecule has 0 bridgehead atoms. The highest BCUT2D eigenvalue weighted by molar-refractivity contribution is 5.80. The number of carbonyl (C=O) groups is 1. The standard InChI is InChI=1S/C23H33N5O2/c1-17(2)19-7-5-18(6-8-19)16-27-12-10-22-26-25-21(28(22)14-13-27)9-11-24-23(29)20-4-3-15-30-20/h5-8,17,20H,3-4,9-16H2,1-2H3,(H,24,29)/t20-/m1/s1. The first-order valence-corrected chi connectivity index (χ1v) is 11.2. The topological polar surface area (TPSA) is 72.3 Å². The molecule has 162 valence electrons. The van der Waals surface area contributed by atoms with Crippen LogP contribution in [0.3, 0.4) is 0 Å². The zero-order chi connectivity index (χ0) is 20.9. The normalized spacial score (nSPS) is 19.6. The van der Waals surface area contributed by atoms with Gasteiger partial charge in [0.25, 0.3) is 0 Å². The summed E-state index contributed by atoms with van der Waals surface area (Å²) < 4.78 is 7.67. The number of nitrogens with one attached hydrogen (secondary N) is 1. The van der Waals surface area contributed by atoms with Crippen LogP contribution in [0.5, 0.6) is 0 Å². The summed E-state index contributed by atoms with van der Waals surface area (Å²) in [5, 5.41) is 11.8. The minimum atomic E-state index is -0.274. The fraction of sp³-hybridized carbons (Fsp3) is 0.609. The van der Waals surface area contributed by atoms with Gasteiger partial charge in [-0.25, -0.2) is 0 Å². The number of fused-ring (bicyclic) bond motifs is 1. The number of rotatable bonds is 7. The molecular weight excluding hydrogens is 378 g/mol. The summed E-state index contributed by atoms with van der Waals surface area (Å²) in [5.41, 5.74) is 2.74. The van der Waals surface area contributed by atoms with E-state index < -0.39 is 0 Å². The number of amides is 1. The van der Waals surface area contributed by atoms with Gasteiger partial charge in [-0.15, -0.1) is 10.2 Å². The Hall–Kier alpha value is -2.25. The van der Waals surface area contributed by atoms with Crippen molar-refractivity contribution in [2.75, 3.05) is 26.2 Å². The number of ether oxygens (including phenoxy) is 1. The van der Waals surface area contributed by atoms with Crippen LogP contribution in [0.4, 0.5) is 0 Å². The molecule has 3 heterocycles. The number of hydrogen-bond donors (Lipinski definition) is 1. The van der Waals surface area contributed by atoms with Gasteiger partial charge in [-0.05, 0) is 29.9 Å². The monoisotopic (exact) mass is 411 g/mol. The first kappa shape index (κ1) is 21.0. The lowest BCUT2D eigenvalue weighted by Gasteiger charge is -2.20. The van der Waals surface area contributed by atoms with Crippen LogP contribution in [0, 0.1) is 0 Å². The molecule has 1 aromatic heterocycles. The summed E-state index contributed by atoms with van der Waals surface area (Å²) >= 11 is 0. The van der Waals surface area contributed by atoms with Crippen molar-refractivity contribution in [2.24, 2.45) is 0 Å². The molecule has 2 aromatic rings. The lowest BCUT2D eigenvalue weighted by molar-refractivity contribution is -0.130. The minimum Gasteiger partial charge on any atom is -0.368 e. The maximum absolute atomic E-state index is 12.1. The first-order chi connectivity index (χ1) is 14.6. The molecule has 1 N–H and O–H groups in total. The van der Waals surface area contributed by atoms with E-state index in [0.717, 1.165) is 57.1 Å². The van der Waals surface area contributed by atoms with Crippen molar-refractivity contribution in [1.82, 2.24) is 25.0 Å². The molecule has 0 saturated carbocycles. The van der Waals surface area contributed by atoms with Crippen molar-refractivity contribution >= 4 is 5.91 Å². The maximum Gasteiger partial charge on any atom is 0.249 e. The minimum absolute atomic E-state index is 0.00207. The summed E-state index contributed by atoms with van der Waals surface area (Å²) in [6.07, 6.45) is 3.11. The van der Waals surface area contributed by atoms with Gasteiger partial charge in [0.1, 0.15) is 17.8 Å². The maximum atomic E-state index is 12.1. The van der Waals surface area contributed by atoms with E-state index in [9.17, 15) is 4.79 Å². The molecule has 0 aliphatic carbocycles. The molecule has 1 saturated heterocycles. The molecule has 2 aliphatic heterocycles. The van der Waals surface area contributed by atoms with Crippen LogP contribution in [0.1, 0.15) is 55.4 Å². The van der Waals surface area contributed by atoms with Crippen LogP contribution in [0.2, 0.25) is 0 Å². The number of carbonyl (C=O) groups excluding carboxylic acids is 1. The molecule has 2 aliphatic rings. The Kier molecular flexibility index (Phi) is 6.79. The van der Waals surface area contributed by atoms with E-state index in [1.165, 1.54) is 11.1 Å². The van der Waals surface area contributed by atoms with Gasteiger partial charge in [-0.2, -0.15) is 0 Å². The lowest BCUT2D eigenvalue weighted by atomic mass is 10.0. The fourth-order valence-corrected chi connectivity index (χ4v) is 4.23. The van der Waals surface area contributed by atoms with Gasteiger partial charge in [0.2, 0.25) is 5.91 Å². The van der Waals surface area contributed by atoms with Crippen molar-refractivity contribution in [3.05, 3.63) is 47.0 Å². The van der Waals surface area contributed by atoms with Crippen molar-refractivity contribution < 1.29 is 9.53 Å². The zero-order valence-electron chi connectivity index (χ0n) is 18.1. The van der Waals surface area contributed by atoms with Crippen molar-refractivity contribution in [3.8, 4) is 0 Å². The molecule has 7 nitrogen and oxygen atoms in total. The van der Waals surface area contributed by atoms with Crippen LogP contribution in [-0.2, 0) is 35.5 Å². The molecule has 7 heteroatoms. The van der Waals surface area contributed by atoms with Crippen LogP contribution in [-0.4, -0.2) is 57.9 Å². The second-order valence-corrected chi connectivity index (χ2v) is 8.65. The Morgan fingerprint density at radius 1 is 1.20 bits per heavy atom. The van der Waals surface area contributed by atoms with Gasteiger partial charge in [0, 0.05) is 52.2 Å². The highest BCUT2D eigenvalue weighted by Gasteiger charge is 2.23. The third kappa shape index (κ3) is 5.08. The Balaban J connectivity index is 1.28. The highest BCUT2D eigenvalue weighted by Crippen LogP contribution is 2.17. The van der Waals surface area contributed by atoms with Crippen LogP contribution in [0.25, 0.3) is 0 Å². The van der Waals surface area contributed by atoms with E-state index >= 15 is 0 Å². The van der Waals surface area contributed by atoms with Crippen molar-refractivity contribution in [1.29, 1.82) is 0 Å². The molecule has 4 rings (SSSR count). The van der Waals surface area contributed by atoms with E-state index in [4.69, 9.17) is 4.74 Å². The lowest BCUT2D eigenvalue weighted by Crippen LogP contribution is -2.35. The van der Waals surface area contributed by atoms with Crippen LogP contribution in [0.15, 0.2) is 24.3 Å². The molecule has 0 unspecified atom stereocenters. The summed E-state index contributed by atoms with van der Waals surface area (Å²) in [4.78, 5) is 14.6. The van der Waals surface area contributed by atoms with Crippen molar-refractivity contribution in [2.45, 2.75) is 64.6 Å². The third-order valence-corrected chi connectivity index (χ3v) is 6.12. The van der Waals surface area contributed by atoms with Gasteiger partial charge in [-0.3, -0.25) is 9.69 Å². The largest absolute Gasteiger partial charge is 0.368 e. The van der Waals surface area contributed by atoms with Gasteiger partial charge < -0.3 is 14.6 Å². The quantitative estimate of drug-likeness (QED) is 0.757. The van der Waals surface area contributed by atoms with Gasteiger partial charge in [0.05, 0.1) is 0 Å². The second-order valence-electron chi connectivity index (χ2n) is 8.65. The predicted molar refractivity (Wildman–Crippen MR) is 115 cm³/mol. The molecule has 1 fully saturated rings. The molecule has 1 aromatic carbocycles. The van der Waals surface area contributed by atoms with Crippen LogP contribution < -0.4 is 5.32 Å². The number of nitrogens with zero attached hydrogens (tertiary/aromatic N) is 4. The Bertz CT molecular complexity index is 840. The molecule has 0 radical (unpaired) electrons. The molecular formula is C23H33N5O2. The SMILES string of the molecule is CC(C)c1ccc(CN2CCc3nnc(CCNC(=O)[C@H]4CCCO4)n3CC2)cc1. The summed E-state index contributed by atoms with van der Waals surface area (Å²) in [7, 11) is 0. The number of hydrogen-bond acceptors (Lipinski definition) is 5. The van der Waals surface area contributed by atoms with E-state index in [-0.39, 0.29) is 12.0 Å². The first-order valence-electron chi connectivity index (χ1n) is 11.2. The molecule has 0 spiro atoms. The third-order valence-electron chi connectivity index (χ3n) is 6.12. The summed E-state index contributed by atoms with van der Waals surface area (Å²) in [5.74, 6) is 2.57. The predicted octanol–water partition coefficient (Wildman–Crippen LogP) is 2.30. The summed E-state index contributed by atoms with van der Waals surface area (Å²) in [6, 6.07) is 9.00. The zero-order valence-corrected chi connectivity index (χ0v) is 18.1. The van der Waals surface area contributed by atoms with E-state index in [1.807, 2.05) is 0 Å². The van der Waals surface area contributed by atoms with E-state index in [1.54, 1.807) is 0 Å². The van der Waals surface area contributed by atoms with E-state index in [0.29, 0.717) is 25.5 Å².